The number of hydrogen-bond donors (Lipinski definition) is 1. The quantitative estimate of drug-likeness (QED) is 0.896. The Labute approximate surface area is 106 Å². The highest BCUT2D eigenvalue weighted by Gasteiger charge is 1.97. The fraction of sp³-hybridized carbons (Fsp3) is 0.200. The van der Waals surface area contributed by atoms with Crippen molar-refractivity contribution in [3.05, 3.63) is 63.6 Å². The van der Waals surface area contributed by atoms with Gasteiger partial charge in [0.05, 0.1) is 5.69 Å². The molecule has 1 aromatic carbocycles. The molecule has 0 aliphatic rings. The van der Waals surface area contributed by atoms with Gasteiger partial charge >= 0.3 is 0 Å². The fourth-order valence-corrected chi connectivity index (χ4v) is 1.62. The van der Waals surface area contributed by atoms with Crippen LogP contribution in [0, 0.1) is 0 Å². The molecule has 0 bridgehead atoms. The van der Waals surface area contributed by atoms with Gasteiger partial charge in [-0.1, -0.05) is 44.2 Å². The highest BCUT2D eigenvalue weighted by molar-refractivity contribution is 5.67. The average Bonchev–Trinajstić information content (AvgIpc) is 2.38. The van der Waals surface area contributed by atoms with E-state index in [0.29, 0.717) is 5.92 Å². The van der Waals surface area contributed by atoms with Crippen LogP contribution in [-0.2, 0) is 0 Å². The Kier molecular flexibility index (Phi) is 3.72. The Hall–Kier alpha value is -2.16. The molecule has 18 heavy (non-hydrogen) atoms. The Morgan fingerprint density at radius 2 is 1.78 bits per heavy atom. The minimum absolute atomic E-state index is 0.187. The third kappa shape index (κ3) is 3.17. The molecule has 0 atom stereocenters. The van der Waals surface area contributed by atoms with Crippen LogP contribution in [0.4, 0.5) is 0 Å². The summed E-state index contributed by atoms with van der Waals surface area (Å²) in [7, 11) is 0. The SMILES string of the molecule is CC(C)c1ccc(C=Cc2ccc(=O)[nH]n2)cc1. The molecule has 0 amide bonds. The first kappa shape index (κ1) is 12.3. The number of benzene rings is 1. The maximum atomic E-state index is 10.9. The summed E-state index contributed by atoms with van der Waals surface area (Å²) in [6.07, 6.45) is 3.85. The normalized spacial score (nSPS) is 11.3. The molecule has 0 radical (unpaired) electrons. The van der Waals surface area contributed by atoms with Crippen molar-refractivity contribution in [3.63, 3.8) is 0 Å². The van der Waals surface area contributed by atoms with Crippen LogP contribution in [0.25, 0.3) is 12.2 Å². The number of aromatic nitrogens is 2. The van der Waals surface area contributed by atoms with Gasteiger partial charge in [-0.15, -0.1) is 0 Å². The van der Waals surface area contributed by atoms with Crippen molar-refractivity contribution in [2.75, 3.05) is 0 Å². The third-order valence-corrected chi connectivity index (χ3v) is 2.75. The Bertz CT molecular complexity index is 574. The first-order valence-electron chi connectivity index (χ1n) is 5.99. The number of rotatable bonds is 3. The molecule has 0 saturated carbocycles. The zero-order valence-corrected chi connectivity index (χ0v) is 10.6. The molecule has 3 heteroatoms. The summed E-state index contributed by atoms with van der Waals surface area (Å²) in [4.78, 5) is 10.9. The lowest BCUT2D eigenvalue weighted by Gasteiger charge is -2.04. The summed E-state index contributed by atoms with van der Waals surface area (Å²) >= 11 is 0. The smallest absolute Gasteiger partial charge is 0.264 e. The molecule has 3 nitrogen and oxygen atoms in total. The van der Waals surface area contributed by atoms with Crippen LogP contribution in [0.2, 0.25) is 0 Å². The van der Waals surface area contributed by atoms with Crippen molar-refractivity contribution in [1.29, 1.82) is 0 Å². The van der Waals surface area contributed by atoms with E-state index in [0.717, 1.165) is 11.3 Å². The van der Waals surface area contributed by atoms with Crippen molar-refractivity contribution < 1.29 is 0 Å². The largest absolute Gasteiger partial charge is 0.268 e. The molecule has 0 aliphatic carbocycles. The fourth-order valence-electron chi connectivity index (χ4n) is 1.62. The van der Waals surface area contributed by atoms with Crippen LogP contribution in [0.15, 0.2) is 41.2 Å². The van der Waals surface area contributed by atoms with Gasteiger partial charge < -0.3 is 0 Å². The van der Waals surface area contributed by atoms with E-state index in [-0.39, 0.29) is 5.56 Å². The van der Waals surface area contributed by atoms with E-state index in [1.807, 2.05) is 12.2 Å². The zero-order valence-electron chi connectivity index (χ0n) is 10.6. The van der Waals surface area contributed by atoms with E-state index in [4.69, 9.17) is 0 Å². The van der Waals surface area contributed by atoms with Crippen LogP contribution in [-0.4, -0.2) is 10.2 Å². The summed E-state index contributed by atoms with van der Waals surface area (Å²) in [5, 5.41) is 6.32. The van der Waals surface area contributed by atoms with Gasteiger partial charge in [-0.3, -0.25) is 4.79 Å². The monoisotopic (exact) mass is 240 g/mol. The first-order chi connectivity index (χ1) is 8.65. The summed E-state index contributed by atoms with van der Waals surface area (Å²) in [5.74, 6) is 0.545. The maximum Gasteiger partial charge on any atom is 0.264 e. The number of H-pyrrole nitrogens is 1. The second-order valence-corrected chi connectivity index (χ2v) is 4.50. The van der Waals surface area contributed by atoms with Gasteiger partial charge in [0.25, 0.3) is 5.56 Å². The minimum atomic E-state index is -0.187. The average molecular weight is 240 g/mol. The standard InChI is InChI=1S/C15H16N2O/c1-11(2)13-6-3-12(4-7-13)5-8-14-9-10-15(18)17-16-14/h3-11H,1-2H3,(H,17,18). The molecular formula is C15H16N2O. The van der Waals surface area contributed by atoms with E-state index >= 15 is 0 Å². The highest BCUT2D eigenvalue weighted by Crippen LogP contribution is 2.15. The van der Waals surface area contributed by atoms with Gasteiger partial charge in [0.2, 0.25) is 0 Å². The molecule has 0 spiro atoms. The van der Waals surface area contributed by atoms with Gasteiger partial charge in [0.15, 0.2) is 0 Å². The lowest BCUT2D eigenvalue weighted by atomic mass is 10.0. The molecule has 1 aromatic heterocycles. The van der Waals surface area contributed by atoms with Crippen molar-refractivity contribution in [1.82, 2.24) is 10.2 Å². The van der Waals surface area contributed by atoms with Crippen molar-refractivity contribution in [2.24, 2.45) is 0 Å². The van der Waals surface area contributed by atoms with Gasteiger partial charge in [-0.25, -0.2) is 5.10 Å². The van der Waals surface area contributed by atoms with Gasteiger partial charge in [0.1, 0.15) is 0 Å². The second kappa shape index (κ2) is 5.45. The van der Waals surface area contributed by atoms with E-state index < -0.39 is 0 Å². The van der Waals surface area contributed by atoms with Gasteiger partial charge in [0, 0.05) is 6.07 Å². The topological polar surface area (TPSA) is 45.8 Å². The summed E-state index contributed by atoms with van der Waals surface area (Å²) in [6, 6.07) is 11.6. The molecule has 0 unspecified atom stereocenters. The molecule has 2 rings (SSSR count). The number of hydrogen-bond acceptors (Lipinski definition) is 2. The Morgan fingerprint density at radius 3 is 2.33 bits per heavy atom. The summed E-state index contributed by atoms with van der Waals surface area (Å²) < 4.78 is 0. The van der Waals surface area contributed by atoms with Crippen molar-refractivity contribution >= 4 is 12.2 Å². The van der Waals surface area contributed by atoms with Crippen LogP contribution < -0.4 is 5.56 Å². The van der Waals surface area contributed by atoms with Crippen LogP contribution >= 0.6 is 0 Å². The Morgan fingerprint density at radius 1 is 1.06 bits per heavy atom. The molecule has 1 heterocycles. The molecule has 1 N–H and O–H groups in total. The first-order valence-corrected chi connectivity index (χ1v) is 5.99. The lowest BCUT2D eigenvalue weighted by Crippen LogP contribution is -2.05. The molecule has 2 aromatic rings. The van der Waals surface area contributed by atoms with Crippen molar-refractivity contribution in [2.45, 2.75) is 19.8 Å². The molecule has 0 saturated heterocycles. The van der Waals surface area contributed by atoms with E-state index in [1.54, 1.807) is 6.07 Å². The minimum Gasteiger partial charge on any atom is -0.268 e. The van der Waals surface area contributed by atoms with Crippen molar-refractivity contribution in [3.8, 4) is 0 Å². The molecule has 0 fully saturated rings. The van der Waals surface area contributed by atoms with Crippen LogP contribution in [0.1, 0.15) is 36.6 Å². The van der Waals surface area contributed by atoms with Crippen LogP contribution in [0.5, 0.6) is 0 Å². The third-order valence-electron chi connectivity index (χ3n) is 2.75. The van der Waals surface area contributed by atoms with Gasteiger partial charge in [-0.2, -0.15) is 5.10 Å². The van der Waals surface area contributed by atoms with Gasteiger partial charge in [-0.05, 0) is 29.2 Å². The second-order valence-electron chi connectivity index (χ2n) is 4.50. The number of nitrogens with one attached hydrogen (secondary N) is 1. The highest BCUT2D eigenvalue weighted by atomic mass is 16.1. The Balaban J connectivity index is 2.13. The maximum absolute atomic E-state index is 10.9. The lowest BCUT2D eigenvalue weighted by molar-refractivity contribution is 0.866. The summed E-state index contributed by atoms with van der Waals surface area (Å²) in [6.45, 7) is 4.35. The number of aromatic amines is 1. The number of nitrogens with zero attached hydrogens (tertiary/aromatic N) is 1. The van der Waals surface area contributed by atoms with Crippen LogP contribution in [0.3, 0.4) is 0 Å². The predicted octanol–water partition coefficient (Wildman–Crippen LogP) is 3.06. The molecule has 0 aliphatic heterocycles. The summed E-state index contributed by atoms with van der Waals surface area (Å²) in [5.41, 5.74) is 3.00. The zero-order chi connectivity index (χ0) is 13.0. The molecular weight excluding hydrogens is 224 g/mol. The van der Waals surface area contributed by atoms with E-state index in [2.05, 4.69) is 48.3 Å². The van der Waals surface area contributed by atoms with E-state index in [9.17, 15) is 4.79 Å². The molecule has 92 valence electrons. The predicted molar refractivity (Wildman–Crippen MR) is 74.3 cm³/mol. The van der Waals surface area contributed by atoms with E-state index in [1.165, 1.54) is 11.6 Å².